The van der Waals surface area contributed by atoms with Gasteiger partial charge in [-0.05, 0) is 30.3 Å². The molecule has 30 heavy (non-hydrogen) atoms. The topological polar surface area (TPSA) is 68.3 Å². The van der Waals surface area contributed by atoms with E-state index in [9.17, 15) is 8.42 Å². The van der Waals surface area contributed by atoms with Crippen LogP contribution in [0.15, 0.2) is 83.1 Å². The normalized spacial score (nSPS) is 11.3. The Hall–Kier alpha value is -2.87. The minimum atomic E-state index is -3.77. The molecule has 1 aromatic heterocycles. The molecular weight excluding hydrogens is 440 g/mol. The first-order chi connectivity index (χ1) is 14.5. The number of nitrogens with zero attached hydrogens (tertiary/aromatic N) is 1. The van der Waals surface area contributed by atoms with Gasteiger partial charge in [-0.2, -0.15) is 0 Å². The minimum Gasteiger partial charge on any atom is -0.495 e. The van der Waals surface area contributed by atoms with Crippen LogP contribution in [0.1, 0.15) is 0 Å². The van der Waals surface area contributed by atoms with E-state index >= 15 is 0 Å². The van der Waals surface area contributed by atoms with Crippen molar-refractivity contribution in [3.63, 3.8) is 0 Å². The highest BCUT2D eigenvalue weighted by Gasteiger charge is 2.16. The molecule has 0 aliphatic carbocycles. The standard InChI is InChI=1S/C22H17ClN2O3S2/c1-28-21-12-11-18(13-19(21)23)30(26,27)25-17-9-7-15(8-10-17)20-14-29-22(24-20)16-5-3-2-4-6-16/h2-14,25H,1H3. The fourth-order valence-electron chi connectivity index (χ4n) is 2.86. The molecule has 5 nitrogen and oxygen atoms in total. The van der Waals surface area contributed by atoms with Crippen LogP contribution in [0.2, 0.25) is 5.02 Å². The van der Waals surface area contributed by atoms with Gasteiger partial charge < -0.3 is 4.74 Å². The molecule has 152 valence electrons. The van der Waals surface area contributed by atoms with Gasteiger partial charge >= 0.3 is 0 Å². The summed E-state index contributed by atoms with van der Waals surface area (Å²) in [6, 6.07) is 21.4. The number of thiazole rings is 1. The first-order valence-electron chi connectivity index (χ1n) is 8.94. The highest BCUT2D eigenvalue weighted by atomic mass is 35.5. The van der Waals surface area contributed by atoms with Gasteiger partial charge in [0.15, 0.2) is 0 Å². The molecule has 0 radical (unpaired) electrons. The van der Waals surface area contributed by atoms with Crippen molar-refractivity contribution in [1.29, 1.82) is 0 Å². The van der Waals surface area contributed by atoms with Crippen LogP contribution in [0, 0.1) is 0 Å². The van der Waals surface area contributed by atoms with Gasteiger partial charge in [-0.15, -0.1) is 11.3 Å². The van der Waals surface area contributed by atoms with Crippen molar-refractivity contribution in [2.75, 3.05) is 11.8 Å². The monoisotopic (exact) mass is 456 g/mol. The number of aromatic nitrogens is 1. The lowest BCUT2D eigenvalue weighted by atomic mass is 10.1. The van der Waals surface area contributed by atoms with Gasteiger partial charge in [0.05, 0.1) is 22.7 Å². The second-order valence-electron chi connectivity index (χ2n) is 6.38. The fourth-order valence-corrected chi connectivity index (χ4v) is 5.10. The van der Waals surface area contributed by atoms with E-state index in [1.807, 2.05) is 47.8 Å². The number of ether oxygens (including phenoxy) is 1. The lowest BCUT2D eigenvalue weighted by Crippen LogP contribution is -2.12. The molecule has 8 heteroatoms. The Morgan fingerprint density at radius 3 is 2.37 bits per heavy atom. The molecule has 4 rings (SSSR count). The van der Waals surface area contributed by atoms with E-state index in [0.29, 0.717) is 11.4 Å². The van der Waals surface area contributed by atoms with E-state index in [4.69, 9.17) is 16.3 Å². The molecule has 0 unspecified atom stereocenters. The van der Waals surface area contributed by atoms with Crippen molar-refractivity contribution in [2.45, 2.75) is 4.90 Å². The Morgan fingerprint density at radius 2 is 1.70 bits per heavy atom. The quantitative estimate of drug-likeness (QED) is 0.390. The summed E-state index contributed by atoms with van der Waals surface area (Å²) in [6.07, 6.45) is 0. The molecule has 4 aromatic rings. The second kappa shape index (κ2) is 8.47. The molecular formula is C22H17ClN2O3S2. The van der Waals surface area contributed by atoms with E-state index in [0.717, 1.165) is 21.8 Å². The number of sulfonamides is 1. The lowest BCUT2D eigenvalue weighted by Gasteiger charge is -2.10. The maximum atomic E-state index is 12.6. The number of anilines is 1. The van der Waals surface area contributed by atoms with Gasteiger partial charge in [0.1, 0.15) is 10.8 Å². The van der Waals surface area contributed by atoms with Gasteiger partial charge in [-0.25, -0.2) is 13.4 Å². The van der Waals surface area contributed by atoms with E-state index < -0.39 is 10.0 Å². The largest absolute Gasteiger partial charge is 0.495 e. The zero-order chi connectivity index (χ0) is 21.1. The van der Waals surface area contributed by atoms with Gasteiger partial charge in [-0.3, -0.25) is 4.72 Å². The smallest absolute Gasteiger partial charge is 0.261 e. The van der Waals surface area contributed by atoms with Crippen LogP contribution < -0.4 is 9.46 Å². The van der Waals surface area contributed by atoms with Crippen molar-refractivity contribution >= 4 is 38.6 Å². The molecule has 3 aromatic carbocycles. The maximum Gasteiger partial charge on any atom is 0.261 e. The predicted molar refractivity (Wildman–Crippen MR) is 122 cm³/mol. The van der Waals surface area contributed by atoms with Crippen LogP contribution in [-0.4, -0.2) is 20.5 Å². The van der Waals surface area contributed by atoms with E-state index in [1.54, 1.807) is 23.5 Å². The van der Waals surface area contributed by atoms with Gasteiger partial charge in [0.25, 0.3) is 10.0 Å². The highest BCUT2D eigenvalue weighted by Crippen LogP contribution is 2.30. The van der Waals surface area contributed by atoms with Crippen LogP contribution in [0.5, 0.6) is 5.75 Å². The molecule has 0 amide bonds. The Balaban J connectivity index is 1.53. The summed E-state index contributed by atoms with van der Waals surface area (Å²) in [5.74, 6) is 0.415. The minimum absolute atomic E-state index is 0.0596. The number of benzene rings is 3. The average molecular weight is 457 g/mol. The van der Waals surface area contributed by atoms with Crippen LogP contribution >= 0.6 is 22.9 Å². The summed E-state index contributed by atoms with van der Waals surface area (Å²) in [4.78, 5) is 4.74. The SMILES string of the molecule is COc1ccc(S(=O)(=O)Nc2ccc(-c3csc(-c4ccccc4)n3)cc2)cc1Cl. The number of nitrogens with one attached hydrogen (secondary N) is 1. The molecule has 0 aliphatic rings. The summed E-state index contributed by atoms with van der Waals surface area (Å²) in [5.41, 5.74) is 3.26. The van der Waals surface area contributed by atoms with Crippen LogP contribution in [0.25, 0.3) is 21.8 Å². The number of rotatable bonds is 6. The molecule has 0 atom stereocenters. The van der Waals surface area contributed by atoms with Crippen LogP contribution in [-0.2, 0) is 10.0 Å². The highest BCUT2D eigenvalue weighted by molar-refractivity contribution is 7.92. The zero-order valence-electron chi connectivity index (χ0n) is 15.9. The molecule has 0 fully saturated rings. The van der Waals surface area contributed by atoms with Crippen molar-refractivity contribution in [3.05, 3.63) is 83.2 Å². The first kappa shape index (κ1) is 20.4. The molecule has 0 saturated heterocycles. The van der Waals surface area contributed by atoms with E-state index in [1.165, 1.54) is 25.3 Å². The molecule has 1 heterocycles. The summed E-state index contributed by atoms with van der Waals surface area (Å²) in [6.45, 7) is 0. The third kappa shape index (κ3) is 4.33. The molecule has 0 aliphatic heterocycles. The van der Waals surface area contributed by atoms with Crippen molar-refractivity contribution < 1.29 is 13.2 Å². The third-order valence-corrected chi connectivity index (χ3v) is 6.96. The first-order valence-corrected chi connectivity index (χ1v) is 11.7. The second-order valence-corrected chi connectivity index (χ2v) is 9.33. The Bertz CT molecular complexity index is 1270. The Morgan fingerprint density at radius 1 is 0.967 bits per heavy atom. The number of hydrogen-bond donors (Lipinski definition) is 1. The van der Waals surface area contributed by atoms with Crippen molar-refractivity contribution in [2.24, 2.45) is 0 Å². The number of halogens is 1. The van der Waals surface area contributed by atoms with Gasteiger partial charge in [0.2, 0.25) is 0 Å². The van der Waals surface area contributed by atoms with Gasteiger partial charge in [-0.1, -0.05) is 54.1 Å². The molecule has 0 saturated carbocycles. The Labute approximate surface area is 184 Å². The predicted octanol–water partition coefficient (Wildman–Crippen LogP) is 5.94. The summed E-state index contributed by atoms with van der Waals surface area (Å²) in [7, 11) is -2.30. The molecule has 0 bridgehead atoms. The Kier molecular flexibility index (Phi) is 5.76. The number of hydrogen-bond acceptors (Lipinski definition) is 5. The summed E-state index contributed by atoms with van der Waals surface area (Å²) < 4.78 is 32.9. The fraction of sp³-hybridized carbons (Fsp3) is 0.0455. The number of methoxy groups -OCH3 is 1. The molecule has 1 N–H and O–H groups in total. The van der Waals surface area contributed by atoms with Crippen molar-refractivity contribution in [3.8, 4) is 27.6 Å². The summed E-state index contributed by atoms with van der Waals surface area (Å²) in [5, 5.41) is 3.15. The third-order valence-electron chi connectivity index (χ3n) is 4.39. The van der Waals surface area contributed by atoms with E-state index in [2.05, 4.69) is 9.71 Å². The van der Waals surface area contributed by atoms with E-state index in [-0.39, 0.29) is 9.92 Å². The lowest BCUT2D eigenvalue weighted by molar-refractivity contribution is 0.414. The molecule has 0 spiro atoms. The van der Waals surface area contributed by atoms with Crippen LogP contribution in [0.3, 0.4) is 0 Å². The zero-order valence-corrected chi connectivity index (χ0v) is 18.3. The van der Waals surface area contributed by atoms with Crippen molar-refractivity contribution in [1.82, 2.24) is 4.98 Å². The average Bonchev–Trinajstić information content (AvgIpc) is 3.25. The maximum absolute atomic E-state index is 12.6. The summed E-state index contributed by atoms with van der Waals surface area (Å²) >= 11 is 7.62. The van der Waals surface area contributed by atoms with Gasteiger partial charge in [0, 0.05) is 22.2 Å². The van der Waals surface area contributed by atoms with Crippen LogP contribution in [0.4, 0.5) is 5.69 Å².